The summed E-state index contributed by atoms with van der Waals surface area (Å²) in [6.07, 6.45) is 1.25. The van der Waals surface area contributed by atoms with Crippen molar-refractivity contribution < 1.29 is 9.53 Å². The fraction of sp³-hybridized carbons (Fsp3) is 0.417. The Kier molecular flexibility index (Phi) is 5.81. The van der Waals surface area contributed by atoms with Crippen LogP contribution < -0.4 is 0 Å². The molecule has 1 aromatic rings. The molecule has 0 N–H and O–H groups in total. The number of rotatable bonds is 6. The lowest BCUT2D eigenvalue weighted by atomic mass is 10.1. The topological polar surface area (TPSA) is 26.3 Å². The van der Waals surface area contributed by atoms with Gasteiger partial charge in [-0.05, 0) is 24.1 Å². The molecular formula is C12H14Cl2O2. The third-order valence-electron chi connectivity index (χ3n) is 2.00. The lowest BCUT2D eigenvalue weighted by Gasteiger charge is -2.03. The van der Waals surface area contributed by atoms with Crippen LogP contribution in [0.25, 0.3) is 0 Å². The standard InChI is InChI=1S/C12H14Cl2O2/c1-2-5-16-8-10(15)6-9-3-4-11(13)12(14)7-9/h3-4,7H,2,5-6,8H2,1H3. The molecule has 0 saturated heterocycles. The summed E-state index contributed by atoms with van der Waals surface area (Å²) in [6.45, 7) is 2.78. The Hall–Kier alpha value is -0.570. The molecule has 1 aromatic carbocycles. The van der Waals surface area contributed by atoms with E-state index in [1.807, 2.05) is 6.92 Å². The molecule has 0 aliphatic heterocycles. The zero-order valence-corrected chi connectivity index (χ0v) is 10.6. The van der Waals surface area contributed by atoms with Crippen LogP contribution in [0.5, 0.6) is 0 Å². The van der Waals surface area contributed by atoms with E-state index in [9.17, 15) is 4.79 Å². The smallest absolute Gasteiger partial charge is 0.162 e. The van der Waals surface area contributed by atoms with Crippen LogP contribution in [0.1, 0.15) is 18.9 Å². The Balaban J connectivity index is 2.46. The van der Waals surface area contributed by atoms with Crippen LogP contribution in [0, 0.1) is 0 Å². The highest BCUT2D eigenvalue weighted by Gasteiger charge is 2.05. The summed E-state index contributed by atoms with van der Waals surface area (Å²) in [5.41, 5.74) is 0.861. The number of ketones is 1. The number of hydrogen-bond acceptors (Lipinski definition) is 2. The third kappa shape index (κ3) is 4.52. The molecule has 2 nitrogen and oxygen atoms in total. The number of halogens is 2. The summed E-state index contributed by atoms with van der Waals surface area (Å²) in [6, 6.07) is 5.20. The molecule has 0 radical (unpaired) electrons. The van der Waals surface area contributed by atoms with Gasteiger partial charge in [0.1, 0.15) is 6.61 Å². The zero-order valence-electron chi connectivity index (χ0n) is 9.13. The average molecular weight is 261 g/mol. The van der Waals surface area contributed by atoms with Crippen LogP contribution >= 0.6 is 23.2 Å². The molecule has 0 unspecified atom stereocenters. The van der Waals surface area contributed by atoms with Crippen molar-refractivity contribution in [2.75, 3.05) is 13.2 Å². The number of hydrogen-bond donors (Lipinski definition) is 0. The van der Waals surface area contributed by atoms with Gasteiger partial charge in [-0.2, -0.15) is 0 Å². The quantitative estimate of drug-likeness (QED) is 0.732. The zero-order chi connectivity index (χ0) is 12.0. The van der Waals surface area contributed by atoms with Crippen LogP contribution in [0.2, 0.25) is 10.0 Å². The molecule has 0 aliphatic carbocycles. The van der Waals surface area contributed by atoms with E-state index in [0.717, 1.165) is 12.0 Å². The molecule has 0 aromatic heterocycles. The number of carbonyl (C=O) groups is 1. The molecule has 16 heavy (non-hydrogen) atoms. The van der Waals surface area contributed by atoms with Crippen molar-refractivity contribution in [2.24, 2.45) is 0 Å². The predicted octanol–water partition coefficient (Wildman–Crippen LogP) is 3.53. The first-order valence-corrected chi connectivity index (χ1v) is 5.92. The lowest BCUT2D eigenvalue weighted by molar-refractivity contribution is -0.122. The van der Waals surface area contributed by atoms with Gasteiger partial charge in [-0.1, -0.05) is 36.2 Å². The Morgan fingerprint density at radius 1 is 1.31 bits per heavy atom. The Morgan fingerprint density at radius 3 is 2.69 bits per heavy atom. The first-order chi connectivity index (χ1) is 7.63. The maximum Gasteiger partial charge on any atom is 0.162 e. The van der Waals surface area contributed by atoms with Crippen molar-refractivity contribution in [1.82, 2.24) is 0 Å². The SMILES string of the molecule is CCCOCC(=O)Cc1ccc(Cl)c(Cl)c1. The predicted molar refractivity (Wildman–Crippen MR) is 66.3 cm³/mol. The van der Waals surface area contributed by atoms with E-state index in [2.05, 4.69) is 0 Å². The molecule has 88 valence electrons. The number of carbonyl (C=O) groups excluding carboxylic acids is 1. The first-order valence-electron chi connectivity index (χ1n) is 5.17. The lowest BCUT2D eigenvalue weighted by Crippen LogP contribution is -2.11. The second-order valence-corrected chi connectivity index (χ2v) is 4.33. The minimum absolute atomic E-state index is 0.0480. The molecule has 0 fully saturated rings. The summed E-state index contributed by atoms with van der Waals surface area (Å²) < 4.78 is 5.16. The van der Waals surface area contributed by atoms with Gasteiger partial charge >= 0.3 is 0 Å². The molecule has 0 saturated carbocycles. The number of benzene rings is 1. The molecule has 0 spiro atoms. The second kappa shape index (κ2) is 6.89. The fourth-order valence-corrected chi connectivity index (χ4v) is 1.58. The summed E-state index contributed by atoms with van der Waals surface area (Å²) in [5, 5.41) is 0.974. The minimum Gasteiger partial charge on any atom is -0.374 e. The maximum absolute atomic E-state index is 11.5. The van der Waals surface area contributed by atoms with Crippen molar-refractivity contribution >= 4 is 29.0 Å². The fourth-order valence-electron chi connectivity index (χ4n) is 1.26. The number of ether oxygens (including phenoxy) is 1. The highest BCUT2D eigenvalue weighted by molar-refractivity contribution is 6.42. The van der Waals surface area contributed by atoms with Gasteiger partial charge in [0, 0.05) is 13.0 Å². The van der Waals surface area contributed by atoms with Gasteiger partial charge in [0.2, 0.25) is 0 Å². The molecule has 0 atom stereocenters. The molecule has 0 bridgehead atoms. The van der Waals surface area contributed by atoms with Crippen molar-refractivity contribution in [3.63, 3.8) is 0 Å². The van der Waals surface area contributed by atoms with E-state index in [1.165, 1.54) is 0 Å². The van der Waals surface area contributed by atoms with Gasteiger partial charge in [0.05, 0.1) is 10.0 Å². The molecular weight excluding hydrogens is 247 g/mol. The number of Topliss-reactive ketones (excluding diaryl/α,β-unsaturated/α-hetero) is 1. The highest BCUT2D eigenvalue weighted by Crippen LogP contribution is 2.22. The molecule has 0 aliphatic rings. The monoisotopic (exact) mass is 260 g/mol. The first kappa shape index (κ1) is 13.5. The summed E-state index contributed by atoms with van der Waals surface area (Å²) in [7, 11) is 0. The Morgan fingerprint density at radius 2 is 2.06 bits per heavy atom. The van der Waals surface area contributed by atoms with Crippen LogP contribution in [0.4, 0.5) is 0 Å². The normalized spacial score (nSPS) is 10.4. The van der Waals surface area contributed by atoms with Crippen LogP contribution in [-0.2, 0) is 16.0 Å². The average Bonchev–Trinajstić information content (AvgIpc) is 2.24. The van der Waals surface area contributed by atoms with E-state index < -0.39 is 0 Å². The third-order valence-corrected chi connectivity index (χ3v) is 2.74. The van der Waals surface area contributed by atoms with Crippen molar-refractivity contribution in [1.29, 1.82) is 0 Å². The molecule has 1 rings (SSSR count). The van der Waals surface area contributed by atoms with Crippen molar-refractivity contribution in [3.8, 4) is 0 Å². The van der Waals surface area contributed by atoms with E-state index in [4.69, 9.17) is 27.9 Å². The van der Waals surface area contributed by atoms with Crippen LogP contribution in [-0.4, -0.2) is 19.0 Å². The van der Waals surface area contributed by atoms with Gasteiger partial charge < -0.3 is 4.74 Å². The Bertz CT molecular complexity index is 364. The van der Waals surface area contributed by atoms with E-state index in [1.54, 1.807) is 18.2 Å². The van der Waals surface area contributed by atoms with Gasteiger partial charge in [-0.25, -0.2) is 0 Å². The van der Waals surface area contributed by atoms with Crippen molar-refractivity contribution in [2.45, 2.75) is 19.8 Å². The summed E-state index contributed by atoms with van der Waals surface area (Å²) in [5.74, 6) is 0.0480. The molecule has 0 amide bonds. The van der Waals surface area contributed by atoms with Crippen molar-refractivity contribution in [3.05, 3.63) is 33.8 Å². The maximum atomic E-state index is 11.5. The van der Waals surface area contributed by atoms with E-state index in [-0.39, 0.29) is 12.4 Å². The van der Waals surface area contributed by atoms with Crippen LogP contribution in [0.3, 0.4) is 0 Å². The van der Waals surface area contributed by atoms with E-state index >= 15 is 0 Å². The highest BCUT2D eigenvalue weighted by atomic mass is 35.5. The summed E-state index contributed by atoms with van der Waals surface area (Å²) >= 11 is 11.6. The van der Waals surface area contributed by atoms with Crippen LogP contribution in [0.15, 0.2) is 18.2 Å². The second-order valence-electron chi connectivity index (χ2n) is 3.52. The van der Waals surface area contributed by atoms with Gasteiger partial charge in [0.15, 0.2) is 5.78 Å². The molecule has 4 heteroatoms. The summed E-state index contributed by atoms with van der Waals surface area (Å²) in [4.78, 5) is 11.5. The Labute approximate surface area is 106 Å². The van der Waals surface area contributed by atoms with Gasteiger partial charge in [-0.3, -0.25) is 4.79 Å². The largest absolute Gasteiger partial charge is 0.374 e. The molecule has 0 heterocycles. The minimum atomic E-state index is 0.0480. The van der Waals surface area contributed by atoms with Gasteiger partial charge in [-0.15, -0.1) is 0 Å². The van der Waals surface area contributed by atoms with Gasteiger partial charge in [0.25, 0.3) is 0 Å². The van der Waals surface area contributed by atoms with E-state index in [0.29, 0.717) is 23.1 Å².